The Bertz CT molecular complexity index is 1570. The number of furan rings is 1. The highest BCUT2D eigenvalue weighted by atomic mass is 32.2. The van der Waals surface area contributed by atoms with Gasteiger partial charge in [0.2, 0.25) is 6.04 Å². The van der Waals surface area contributed by atoms with E-state index in [9.17, 15) is 27.6 Å². The number of aromatic nitrogens is 1. The lowest BCUT2D eigenvalue weighted by molar-refractivity contribution is -0.231. The highest BCUT2D eigenvalue weighted by Gasteiger charge is 2.50. The average Bonchev–Trinajstić information content (AvgIpc) is 3.45. The van der Waals surface area contributed by atoms with Crippen LogP contribution < -0.4 is 10.1 Å². The van der Waals surface area contributed by atoms with Crippen molar-refractivity contribution >= 4 is 40.6 Å². The van der Waals surface area contributed by atoms with Crippen molar-refractivity contribution in [2.24, 2.45) is 0 Å². The van der Waals surface area contributed by atoms with Gasteiger partial charge in [-0.15, -0.1) is 5.06 Å². The Kier molecular flexibility index (Phi) is 6.91. The van der Waals surface area contributed by atoms with Gasteiger partial charge in [-0.3, -0.25) is 15.1 Å². The van der Waals surface area contributed by atoms with E-state index in [0.29, 0.717) is 22.1 Å². The Hall–Kier alpha value is -4.52. The number of imide groups is 1. The molecular weight excluding hydrogens is 539 g/mol. The number of hydrogen-bond donors (Lipinski definition) is 1. The first kappa shape index (κ1) is 26.1. The summed E-state index contributed by atoms with van der Waals surface area (Å²) in [5.41, 5.74) is 2.74. The number of pyridine rings is 1. The maximum Gasteiger partial charge on any atom is 0.493 e. The summed E-state index contributed by atoms with van der Waals surface area (Å²) in [6.45, 7) is 2.23. The number of para-hydroxylation sites is 1. The van der Waals surface area contributed by atoms with Crippen LogP contribution >= 0.6 is 11.8 Å². The number of amides is 3. The molecule has 1 aliphatic rings. The Morgan fingerprint density at radius 1 is 1.13 bits per heavy atom. The predicted octanol–water partition coefficient (Wildman–Crippen LogP) is 5.48. The zero-order valence-electron chi connectivity index (χ0n) is 20.0. The molecule has 1 fully saturated rings. The number of urea groups is 1. The van der Waals surface area contributed by atoms with Crippen molar-refractivity contribution in [1.29, 1.82) is 0 Å². The Labute approximate surface area is 222 Å². The summed E-state index contributed by atoms with van der Waals surface area (Å²) < 4.78 is 49.3. The maximum atomic E-state index is 12.7. The molecule has 3 heterocycles. The molecule has 4 aromatic rings. The molecule has 200 valence electrons. The third kappa shape index (κ3) is 5.53. The SMILES string of the molecule is Cc1cc(COc2ccc(Sc3ccoc3C3C(=O)NC(=O)N3OC(=O)C(F)(F)F)cc2)c2ccccc2n1. The van der Waals surface area contributed by atoms with Crippen LogP contribution in [0.3, 0.4) is 0 Å². The van der Waals surface area contributed by atoms with Crippen molar-refractivity contribution < 1.29 is 41.5 Å². The zero-order valence-corrected chi connectivity index (χ0v) is 20.8. The molecular formula is C26H18F3N3O6S. The van der Waals surface area contributed by atoms with Crippen LogP contribution in [0.15, 0.2) is 81.1 Å². The largest absolute Gasteiger partial charge is 0.493 e. The molecule has 13 heteroatoms. The van der Waals surface area contributed by atoms with Gasteiger partial charge in [-0.2, -0.15) is 13.2 Å². The van der Waals surface area contributed by atoms with Gasteiger partial charge in [0.15, 0.2) is 5.76 Å². The van der Waals surface area contributed by atoms with E-state index < -0.39 is 30.1 Å². The third-order valence-corrected chi connectivity index (χ3v) is 6.67. The van der Waals surface area contributed by atoms with Gasteiger partial charge in [0, 0.05) is 21.5 Å². The van der Waals surface area contributed by atoms with E-state index in [1.54, 1.807) is 24.3 Å². The minimum absolute atomic E-state index is 0.0164. The smallest absolute Gasteiger partial charge is 0.489 e. The zero-order chi connectivity index (χ0) is 27.7. The number of halogens is 3. The molecule has 1 saturated heterocycles. The summed E-state index contributed by atoms with van der Waals surface area (Å²) in [5.74, 6) is -3.23. The fourth-order valence-corrected chi connectivity index (χ4v) is 4.82. The number of benzene rings is 2. The molecule has 2 aromatic carbocycles. The summed E-state index contributed by atoms with van der Waals surface area (Å²) >= 11 is 1.13. The second-order valence-electron chi connectivity index (χ2n) is 8.35. The van der Waals surface area contributed by atoms with E-state index in [4.69, 9.17) is 9.15 Å². The quantitative estimate of drug-likeness (QED) is 0.298. The number of nitrogens with zero attached hydrogens (tertiary/aromatic N) is 2. The van der Waals surface area contributed by atoms with Gasteiger partial charge in [-0.05, 0) is 49.4 Å². The van der Waals surface area contributed by atoms with Gasteiger partial charge in [-0.25, -0.2) is 9.59 Å². The Balaban J connectivity index is 1.29. The van der Waals surface area contributed by atoms with Crippen molar-refractivity contribution in [3.05, 3.63) is 83.9 Å². The molecule has 0 radical (unpaired) electrons. The van der Waals surface area contributed by atoms with E-state index in [1.807, 2.05) is 42.6 Å². The normalized spacial score (nSPS) is 15.5. The topological polar surface area (TPSA) is 111 Å². The number of hydroxylamine groups is 2. The van der Waals surface area contributed by atoms with Crippen LogP contribution in [0.1, 0.15) is 23.1 Å². The lowest BCUT2D eigenvalue weighted by atomic mass is 10.1. The molecule has 39 heavy (non-hydrogen) atoms. The van der Waals surface area contributed by atoms with Crippen LogP contribution in [0.5, 0.6) is 5.75 Å². The maximum absolute atomic E-state index is 12.7. The van der Waals surface area contributed by atoms with Gasteiger partial charge in [0.25, 0.3) is 5.91 Å². The van der Waals surface area contributed by atoms with E-state index in [0.717, 1.165) is 33.9 Å². The number of ether oxygens (including phenoxy) is 1. The molecule has 1 aliphatic heterocycles. The van der Waals surface area contributed by atoms with E-state index in [-0.39, 0.29) is 10.8 Å². The molecule has 1 N–H and O–H groups in total. The lowest BCUT2D eigenvalue weighted by Crippen LogP contribution is -2.38. The molecule has 1 unspecified atom stereocenters. The van der Waals surface area contributed by atoms with Crippen molar-refractivity contribution in [3.8, 4) is 5.75 Å². The number of carbonyl (C=O) groups is 3. The van der Waals surface area contributed by atoms with E-state index in [1.165, 1.54) is 12.3 Å². The van der Waals surface area contributed by atoms with Crippen LogP contribution in [0, 0.1) is 6.92 Å². The fourth-order valence-electron chi connectivity index (χ4n) is 3.91. The standard InChI is InChI=1S/C26H18F3N3O6S/c1-14-12-15(18-4-2-3-5-19(18)30-14)13-37-16-6-8-17(9-7-16)39-20-10-11-36-22(20)21-23(33)31-25(35)32(21)38-24(34)26(27,28)29/h2-12,21H,13H2,1H3,(H,31,33,35). The molecule has 1 atom stereocenters. The van der Waals surface area contributed by atoms with Crippen molar-refractivity contribution in [2.45, 2.75) is 35.5 Å². The lowest BCUT2D eigenvalue weighted by Gasteiger charge is -2.20. The van der Waals surface area contributed by atoms with Crippen LogP contribution in [-0.4, -0.2) is 34.1 Å². The minimum atomic E-state index is -5.37. The summed E-state index contributed by atoms with van der Waals surface area (Å²) in [5, 5.41) is 2.83. The summed E-state index contributed by atoms with van der Waals surface area (Å²) in [6, 6.07) is 15.1. The van der Waals surface area contributed by atoms with Gasteiger partial charge in [0.1, 0.15) is 12.4 Å². The minimum Gasteiger partial charge on any atom is -0.489 e. The molecule has 3 amide bonds. The first-order chi connectivity index (χ1) is 18.6. The average molecular weight is 558 g/mol. The first-order valence-electron chi connectivity index (χ1n) is 11.4. The Morgan fingerprint density at radius 3 is 2.62 bits per heavy atom. The highest BCUT2D eigenvalue weighted by Crippen LogP contribution is 2.39. The number of fused-ring (bicyclic) bond motifs is 1. The second kappa shape index (κ2) is 10.3. The highest BCUT2D eigenvalue weighted by molar-refractivity contribution is 7.99. The molecule has 9 nitrogen and oxygen atoms in total. The van der Waals surface area contributed by atoms with E-state index >= 15 is 0 Å². The Morgan fingerprint density at radius 2 is 1.87 bits per heavy atom. The van der Waals surface area contributed by atoms with Crippen LogP contribution in [0.2, 0.25) is 0 Å². The molecule has 0 aliphatic carbocycles. The third-order valence-electron chi connectivity index (χ3n) is 5.61. The predicted molar refractivity (Wildman–Crippen MR) is 130 cm³/mol. The van der Waals surface area contributed by atoms with E-state index in [2.05, 4.69) is 9.82 Å². The van der Waals surface area contributed by atoms with Crippen LogP contribution in [0.25, 0.3) is 10.9 Å². The van der Waals surface area contributed by atoms with Gasteiger partial charge >= 0.3 is 18.2 Å². The molecule has 0 bridgehead atoms. The number of aryl methyl sites for hydroxylation is 1. The number of hydrogen-bond acceptors (Lipinski definition) is 8. The fraction of sp³-hybridized carbons (Fsp3) is 0.154. The second-order valence-corrected chi connectivity index (χ2v) is 9.47. The van der Waals surface area contributed by atoms with Crippen molar-refractivity contribution in [3.63, 3.8) is 0 Å². The monoisotopic (exact) mass is 557 g/mol. The number of rotatable bonds is 7. The van der Waals surface area contributed by atoms with Crippen LogP contribution in [0.4, 0.5) is 18.0 Å². The summed E-state index contributed by atoms with van der Waals surface area (Å²) in [7, 11) is 0. The van der Waals surface area contributed by atoms with Crippen molar-refractivity contribution in [2.75, 3.05) is 0 Å². The number of alkyl halides is 3. The van der Waals surface area contributed by atoms with Crippen LogP contribution in [-0.2, 0) is 21.0 Å². The van der Waals surface area contributed by atoms with Gasteiger partial charge < -0.3 is 14.0 Å². The summed E-state index contributed by atoms with van der Waals surface area (Å²) in [4.78, 5) is 45.3. The molecule has 5 rings (SSSR count). The number of carbonyl (C=O) groups excluding carboxylic acids is 3. The first-order valence-corrected chi connectivity index (χ1v) is 12.2. The number of nitrogens with one attached hydrogen (secondary N) is 1. The molecule has 2 aromatic heterocycles. The van der Waals surface area contributed by atoms with Crippen molar-refractivity contribution in [1.82, 2.24) is 15.4 Å². The van der Waals surface area contributed by atoms with Gasteiger partial charge in [0.05, 0.1) is 16.7 Å². The summed E-state index contributed by atoms with van der Waals surface area (Å²) in [6.07, 6.45) is -4.17. The molecule has 0 saturated carbocycles. The molecule has 0 spiro atoms. The van der Waals surface area contributed by atoms with Gasteiger partial charge in [-0.1, -0.05) is 30.0 Å².